The zero-order valence-electron chi connectivity index (χ0n) is 10.7. The van der Waals surface area contributed by atoms with Crippen LogP contribution in [0.3, 0.4) is 0 Å². The zero-order chi connectivity index (χ0) is 11.5. The van der Waals surface area contributed by atoms with Gasteiger partial charge in [0.2, 0.25) is 0 Å². The molecule has 0 aromatic heterocycles. The van der Waals surface area contributed by atoms with Gasteiger partial charge in [0.15, 0.2) is 0 Å². The summed E-state index contributed by atoms with van der Waals surface area (Å²) >= 11 is 0. The lowest BCUT2D eigenvalue weighted by Gasteiger charge is -2.36. The summed E-state index contributed by atoms with van der Waals surface area (Å²) in [4.78, 5) is 0. The van der Waals surface area contributed by atoms with E-state index in [2.05, 4.69) is 33.0 Å². The Morgan fingerprint density at radius 1 is 1.27 bits per heavy atom. The fourth-order valence-corrected chi connectivity index (χ4v) is 2.26. The predicted molar refractivity (Wildman–Crippen MR) is 64.9 cm³/mol. The quantitative estimate of drug-likeness (QED) is 0.752. The first-order valence-corrected chi connectivity index (χ1v) is 6.31. The van der Waals surface area contributed by atoms with Crippen LogP contribution in [0.5, 0.6) is 0 Å². The average Bonchev–Trinajstić information content (AvgIpc) is 2.20. The van der Waals surface area contributed by atoms with Gasteiger partial charge in [0, 0.05) is 18.7 Å². The Bertz CT molecular complexity index is 181. The monoisotopic (exact) mass is 213 g/mol. The molecule has 1 rings (SSSR count). The maximum atomic E-state index is 9.08. The minimum Gasteiger partial charge on any atom is -0.396 e. The fourth-order valence-electron chi connectivity index (χ4n) is 2.26. The van der Waals surface area contributed by atoms with Crippen LogP contribution in [0.2, 0.25) is 0 Å². The number of aliphatic hydroxyl groups excluding tert-OH is 1. The third kappa shape index (κ3) is 4.12. The van der Waals surface area contributed by atoms with Gasteiger partial charge in [-0.1, -0.05) is 20.8 Å². The molecular weight excluding hydrogens is 186 g/mol. The van der Waals surface area contributed by atoms with Crippen LogP contribution in [0.15, 0.2) is 0 Å². The zero-order valence-corrected chi connectivity index (χ0v) is 10.7. The predicted octanol–water partition coefficient (Wildman–Crippen LogP) is 2.56. The molecule has 1 fully saturated rings. The van der Waals surface area contributed by atoms with Crippen molar-refractivity contribution in [2.75, 3.05) is 6.61 Å². The van der Waals surface area contributed by atoms with Gasteiger partial charge < -0.3 is 10.4 Å². The number of hydrogen-bond acceptors (Lipinski definition) is 2. The van der Waals surface area contributed by atoms with E-state index in [9.17, 15) is 0 Å². The molecule has 0 aliphatic heterocycles. The molecule has 0 amide bonds. The van der Waals surface area contributed by atoms with Crippen molar-refractivity contribution in [3.8, 4) is 0 Å². The Balaban J connectivity index is 2.29. The van der Waals surface area contributed by atoms with E-state index in [4.69, 9.17) is 5.11 Å². The van der Waals surface area contributed by atoms with Crippen molar-refractivity contribution in [3.63, 3.8) is 0 Å². The summed E-state index contributed by atoms with van der Waals surface area (Å²) in [6, 6.07) is 1.10. The van der Waals surface area contributed by atoms with Crippen molar-refractivity contribution in [3.05, 3.63) is 0 Å². The van der Waals surface area contributed by atoms with Crippen LogP contribution in [0.25, 0.3) is 0 Å². The molecule has 0 aromatic carbocycles. The van der Waals surface area contributed by atoms with Gasteiger partial charge in [-0.25, -0.2) is 0 Å². The highest BCUT2D eigenvalue weighted by Gasteiger charge is 2.27. The van der Waals surface area contributed by atoms with Crippen molar-refractivity contribution in [1.82, 2.24) is 5.32 Å². The van der Waals surface area contributed by atoms with E-state index < -0.39 is 0 Å². The first-order valence-electron chi connectivity index (χ1n) is 6.31. The second-order valence-corrected chi connectivity index (χ2v) is 6.05. The Hall–Kier alpha value is -0.0800. The molecule has 2 heteroatoms. The standard InChI is InChI=1S/C13H27NO/c1-10(9-15)11(2)14-12-5-7-13(3,4)8-6-12/h10-12,14-15H,5-9H2,1-4H3. The molecule has 0 radical (unpaired) electrons. The van der Waals surface area contributed by atoms with E-state index in [1.807, 2.05) is 0 Å². The molecule has 0 aromatic rings. The summed E-state index contributed by atoms with van der Waals surface area (Å²) in [6.45, 7) is 9.30. The molecule has 1 saturated carbocycles. The summed E-state index contributed by atoms with van der Waals surface area (Å²) < 4.78 is 0. The van der Waals surface area contributed by atoms with Crippen molar-refractivity contribution in [2.45, 2.75) is 65.5 Å². The Morgan fingerprint density at radius 3 is 2.27 bits per heavy atom. The summed E-state index contributed by atoms with van der Waals surface area (Å²) in [5.74, 6) is 0.361. The third-order valence-electron chi connectivity index (χ3n) is 3.98. The van der Waals surface area contributed by atoms with Crippen LogP contribution in [0.1, 0.15) is 53.4 Å². The highest BCUT2D eigenvalue weighted by Crippen LogP contribution is 2.35. The Morgan fingerprint density at radius 2 is 1.80 bits per heavy atom. The first-order chi connectivity index (χ1) is 6.94. The second kappa shape index (κ2) is 5.31. The van der Waals surface area contributed by atoms with Gasteiger partial charge in [-0.3, -0.25) is 0 Å². The molecule has 2 unspecified atom stereocenters. The fraction of sp³-hybridized carbons (Fsp3) is 1.00. The minimum atomic E-state index is 0.284. The number of nitrogens with one attached hydrogen (secondary N) is 1. The second-order valence-electron chi connectivity index (χ2n) is 6.05. The van der Waals surface area contributed by atoms with Crippen molar-refractivity contribution >= 4 is 0 Å². The van der Waals surface area contributed by atoms with E-state index in [-0.39, 0.29) is 6.61 Å². The molecule has 0 saturated heterocycles. The highest BCUT2D eigenvalue weighted by molar-refractivity contribution is 4.84. The highest BCUT2D eigenvalue weighted by atomic mass is 16.3. The molecule has 0 heterocycles. The largest absolute Gasteiger partial charge is 0.396 e. The molecule has 90 valence electrons. The van der Waals surface area contributed by atoms with E-state index in [1.54, 1.807) is 0 Å². The molecule has 0 spiro atoms. The summed E-state index contributed by atoms with van der Waals surface area (Å²) in [5, 5.41) is 12.7. The van der Waals surface area contributed by atoms with Gasteiger partial charge in [0.25, 0.3) is 0 Å². The molecule has 2 atom stereocenters. The third-order valence-corrected chi connectivity index (χ3v) is 3.98. The van der Waals surface area contributed by atoms with Crippen LogP contribution in [-0.2, 0) is 0 Å². The maximum Gasteiger partial charge on any atom is 0.0471 e. The molecule has 1 aliphatic rings. The minimum absolute atomic E-state index is 0.284. The number of hydrogen-bond donors (Lipinski definition) is 2. The van der Waals surface area contributed by atoms with Gasteiger partial charge in [0.05, 0.1) is 0 Å². The Labute approximate surface area is 94.5 Å². The summed E-state index contributed by atoms with van der Waals surface area (Å²) in [6.07, 6.45) is 5.22. The number of aliphatic hydroxyl groups is 1. The maximum absolute atomic E-state index is 9.08. The molecule has 2 nitrogen and oxygen atoms in total. The lowest BCUT2D eigenvalue weighted by atomic mass is 9.75. The van der Waals surface area contributed by atoms with Crippen molar-refractivity contribution < 1.29 is 5.11 Å². The topological polar surface area (TPSA) is 32.3 Å². The molecule has 1 aliphatic carbocycles. The van der Waals surface area contributed by atoms with E-state index in [0.717, 1.165) is 0 Å². The van der Waals surface area contributed by atoms with Gasteiger partial charge in [0.1, 0.15) is 0 Å². The molecule has 15 heavy (non-hydrogen) atoms. The van der Waals surface area contributed by atoms with Crippen LogP contribution >= 0.6 is 0 Å². The average molecular weight is 213 g/mol. The first kappa shape index (κ1) is 13.0. The van der Waals surface area contributed by atoms with Crippen LogP contribution in [0.4, 0.5) is 0 Å². The van der Waals surface area contributed by atoms with Gasteiger partial charge in [-0.2, -0.15) is 0 Å². The summed E-state index contributed by atoms with van der Waals surface area (Å²) in [7, 11) is 0. The van der Waals surface area contributed by atoms with Crippen LogP contribution < -0.4 is 5.32 Å². The molecule has 0 bridgehead atoms. The lowest BCUT2D eigenvalue weighted by Crippen LogP contribution is -2.43. The van der Waals surface area contributed by atoms with Crippen LogP contribution in [-0.4, -0.2) is 23.8 Å². The van der Waals surface area contributed by atoms with Crippen molar-refractivity contribution in [2.24, 2.45) is 11.3 Å². The number of rotatable bonds is 4. The van der Waals surface area contributed by atoms with Gasteiger partial charge in [-0.15, -0.1) is 0 Å². The molecule has 2 N–H and O–H groups in total. The molecular formula is C13H27NO. The van der Waals surface area contributed by atoms with Gasteiger partial charge in [-0.05, 0) is 43.9 Å². The van der Waals surface area contributed by atoms with Crippen molar-refractivity contribution in [1.29, 1.82) is 0 Å². The van der Waals surface area contributed by atoms with Gasteiger partial charge >= 0.3 is 0 Å². The van der Waals surface area contributed by atoms with E-state index >= 15 is 0 Å². The Kier molecular flexibility index (Phi) is 4.60. The SMILES string of the molecule is CC(CO)C(C)NC1CCC(C)(C)CC1. The summed E-state index contributed by atoms with van der Waals surface area (Å²) in [5.41, 5.74) is 0.546. The normalized spacial score (nSPS) is 26.2. The smallest absolute Gasteiger partial charge is 0.0471 e. The van der Waals surface area contributed by atoms with Crippen LogP contribution in [0, 0.1) is 11.3 Å². The van der Waals surface area contributed by atoms with E-state index in [1.165, 1.54) is 25.7 Å². The van der Waals surface area contributed by atoms with E-state index in [0.29, 0.717) is 23.4 Å². The lowest BCUT2D eigenvalue weighted by molar-refractivity contribution is 0.167.